The van der Waals surface area contributed by atoms with Crippen LogP contribution in [0.15, 0.2) is 35.6 Å². The van der Waals surface area contributed by atoms with Gasteiger partial charge in [0.1, 0.15) is 0 Å². The third kappa shape index (κ3) is 4.71. The van der Waals surface area contributed by atoms with Gasteiger partial charge in [-0.05, 0) is 29.7 Å². The number of benzene rings is 1. The van der Waals surface area contributed by atoms with E-state index >= 15 is 0 Å². The summed E-state index contributed by atoms with van der Waals surface area (Å²) in [5, 5.41) is 7.54. The maximum atomic E-state index is 12.6. The molecule has 1 atom stereocenters. The molecule has 1 aliphatic heterocycles. The Morgan fingerprint density at radius 3 is 2.86 bits per heavy atom. The van der Waals surface area contributed by atoms with Gasteiger partial charge >= 0.3 is 6.61 Å². The number of aromatic nitrogens is 2. The van der Waals surface area contributed by atoms with Crippen molar-refractivity contribution >= 4 is 5.96 Å². The summed E-state index contributed by atoms with van der Waals surface area (Å²) in [5.74, 6) is 1.48. The van der Waals surface area contributed by atoms with Gasteiger partial charge in [0.05, 0.1) is 13.3 Å². The second-order valence-corrected chi connectivity index (χ2v) is 6.64. The van der Waals surface area contributed by atoms with Gasteiger partial charge in [-0.3, -0.25) is 9.67 Å². The molecule has 28 heavy (non-hydrogen) atoms. The molecule has 152 valence electrons. The minimum absolute atomic E-state index is 0.0181. The molecule has 3 rings (SSSR count). The van der Waals surface area contributed by atoms with Crippen molar-refractivity contribution in [3.05, 3.63) is 41.7 Å². The minimum Gasteiger partial charge on any atom is -0.493 e. The lowest BCUT2D eigenvalue weighted by atomic mass is 10.0. The lowest BCUT2D eigenvalue weighted by Crippen LogP contribution is -2.39. The van der Waals surface area contributed by atoms with Crippen LogP contribution in [0.2, 0.25) is 0 Å². The number of halogens is 2. The number of methoxy groups -OCH3 is 1. The van der Waals surface area contributed by atoms with Crippen LogP contribution in [0, 0.1) is 0 Å². The highest BCUT2D eigenvalue weighted by atomic mass is 19.3. The SMILES string of the molecule is CN=C(NCc1ccc(OC)c(OC(F)F)c1)N1CCC(c2cnn(C)c2)C1. The summed E-state index contributed by atoms with van der Waals surface area (Å²) >= 11 is 0. The van der Waals surface area contributed by atoms with Gasteiger partial charge in [0.25, 0.3) is 0 Å². The second-order valence-electron chi connectivity index (χ2n) is 6.64. The number of hydrogen-bond acceptors (Lipinski definition) is 4. The maximum Gasteiger partial charge on any atom is 0.387 e. The van der Waals surface area contributed by atoms with Crippen molar-refractivity contribution in [3.8, 4) is 11.5 Å². The van der Waals surface area contributed by atoms with Gasteiger partial charge in [0.2, 0.25) is 0 Å². The summed E-state index contributed by atoms with van der Waals surface area (Å²) in [6, 6.07) is 4.97. The number of nitrogens with one attached hydrogen (secondary N) is 1. The summed E-state index contributed by atoms with van der Waals surface area (Å²) in [6.45, 7) is -0.724. The van der Waals surface area contributed by atoms with Crippen molar-refractivity contribution in [2.24, 2.45) is 12.0 Å². The average molecular weight is 393 g/mol. The summed E-state index contributed by atoms with van der Waals surface area (Å²) < 4.78 is 36.6. The van der Waals surface area contributed by atoms with E-state index in [1.807, 2.05) is 24.1 Å². The first kappa shape index (κ1) is 19.9. The molecule has 2 heterocycles. The predicted octanol–water partition coefficient (Wildman–Crippen LogP) is 2.60. The fraction of sp³-hybridized carbons (Fsp3) is 0.474. The van der Waals surface area contributed by atoms with Crippen molar-refractivity contribution in [2.45, 2.75) is 25.5 Å². The normalized spacial score (nSPS) is 17.3. The van der Waals surface area contributed by atoms with Gasteiger partial charge in [0.15, 0.2) is 17.5 Å². The van der Waals surface area contributed by atoms with E-state index < -0.39 is 6.61 Å². The lowest BCUT2D eigenvalue weighted by molar-refractivity contribution is -0.0512. The molecule has 2 aromatic rings. The Labute approximate surface area is 163 Å². The van der Waals surface area contributed by atoms with Crippen LogP contribution in [0.3, 0.4) is 0 Å². The molecule has 1 saturated heterocycles. The highest BCUT2D eigenvalue weighted by Gasteiger charge is 2.26. The second kappa shape index (κ2) is 8.90. The van der Waals surface area contributed by atoms with E-state index in [0.717, 1.165) is 31.0 Å². The van der Waals surface area contributed by atoms with Crippen LogP contribution in [-0.2, 0) is 13.6 Å². The van der Waals surface area contributed by atoms with Crippen molar-refractivity contribution < 1.29 is 18.3 Å². The minimum atomic E-state index is -2.90. The van der Waals surface area contributed by atoms with Crippen LogP contribution < -0.4 is 14.8 Å². The molecule has 0 saturated carbocycles. The Kier molecular flexibility index (Phi) is 6.33. The number of alkyl halides is 2. The first-order valence-corrected chi connectivity index (χ1v) is 9.06. The third-order valence-corrected chi connectivity index (χ3v) is 4.79. The van der Waals surface area contributed by atoms with E-state index in [1.54, 1.807) is 25.2 Å². The fourth-order valence-electron chi connectivity index (χ4n) is 3.41. The Morgan fingerprint density at radius 2 is 2.21 bits per heavy atom. The molecule has 1 N–H and O–H groups in total. The monoisotopic (exact) mass is 393 g/mol. The smallest absolute Gasteiger partial charge is 0.387 e. The molecule has 1 aromatic carbocycles. The molecule has 1 aromatic heterocycles. The molecule has 0 bridgehead atoms. The molecule has 9 heteroatoms. The molecular weight excluding hydrogens is 368 g/mol. The fourth-order valence-corrected chi connectivity index (χ4v) is 3.41. The van der Waals surface area contributed by atoms with E-state index in [0.29, 0.717) is 12.5 Å². The van der Waals surface area contributed by atoms with E-state index in [-0.39, 0.29) is 11.5 Å². The molecule has 0 aliphatic carbocycles. The Hall–Kier alpha value is -2.84. The maximum absolute atomic E-state index is 12.6. The Bertz CT molecular complexity index is 824. The molecule has 0 amide bonds. The highest BCUT2D eigenvalue weighted by Crippen LogP contribution is 2.30. The van der Waals surface area contributed by atoms with Gasteiger partial charge in [-0.25, -0.2) is 0 Å². The highest BCUT2D eigenvalue weighted by molar-refractivity contribution is 5.80. The molecule has 1 fully saturated rings. The number of likely N-dealkylation sites (tertiary alicyclic amines) is 1. The van der Waals surface area contributed by atoms with Crippen molar-refractivity contribution in [1.29, 1.82) is 0 Å². The molecule has 0 radical (unpaired) electrons. The number of guanidine groups is 1. The average Bonchev–Trinajstić information content (AvgIpc) is 3.31. The summed E-state index contributed by atoms with van der Waals surface area (Å²) in [4.78, 5) is 6.55. The van der Waals surface area contributed by atoms with Gasteiger partial charge < -0.3 is 19.7 Å². The standard InChI is InChI=1S/C19H25F2N5O2/c1-22-19(26-7-6-14(12-26)15-10-24-25(2)11-15)23-9-13-4-5-16(27-3)17(8-13)28-18(20)21/h4-5,8,10-11,14,18H,6-7,9,12H2,1-3H3,(H,22,23). The van der Waals surface area contributed by atoms with E-state index in [2.05, 4.69) is 25.0 Å². The summed E-state index contributed by atoms with van der Waals surface area (Å²) in [5.41, 5.74) is 2.02. The molecule has 1 unspecified atom stereocenters. The zero-order valence-electron chi connectivity index (χ0n) is 16.2. The van der Waals surface area contributed by atoms with Crippen LogP contribution in [0.1, 0.15) is 23.5 Å². The largest absolute Gasteiger partial charge is 0.493 e. The van der Waals surface area contributed by atoms with Crippen molar-refractivity contribution in [3.63, 3.8) is 0 Å². The number of ether oxygens (including phenoxy) is 2. The zero-order valence-corrected chi connectivity index (χ0v) is 16.2. The number of aliphatic imine (C=N–C) groups is 1. The first-order valence-electron chi connectivity index (χ1n) is 9.06. The van der Waals surface area contributed by atoms with Gasteiger partial charge in [0, 0.05) is 45.8 Å². The summed E-state index contributed by atoms with van der Waals surface area (Å²) in [7, 11) is 5.07. The number of hydrogen-bond donors (Lipinski definition) is 1. The van der Waals surface area contributed by atoms with Crippen LogP contribution in [0.25, 0.3) is 0 Å². The number of aryl methyl sites for hydroxylation is 1. The van der Waals surface area contributed by atoms with E-state index in [4.69, 9.17) is 4.74 Å². The van der Waals surface area contributed by atoms with Crippen molar-refractivity contribution in [1.82, 2.24) is 20.0 Å². The number of nitrogens with zero attached hydrogens (tertiary/aromatic N) is 4. The van der Waals surface area contributed by atoms with Crippen LogP contribution >= 0.6 is 0 Å². The molecule has 1 aliphatic rings. The Morgan fingerprint density at radius 1 is 1.39 bits per heavy atom. The summed E-state index contributed by atoms with van der Waals surface area (Å²) in [6.07, 6.45) is 4.99. The van der Waals surface area contributed by atoms with E-state index in [9.17, 15) is 8.78 Å². The topological polar surface area (TPSA) is 63.9 Å². The van der Waals surface area contributed by atoms with Crippen molar-refractivity contribution in [2.75, 3.05) is 27.2 Å². The predicted molar refractivity (Wildman–Crippen MR) is 102 cm³/mol. The number of rotatable bonds is 6. The van der Waals surface area contributed by atoms with Crippen LogP contribution in [0.4, 0.5) is 8.78 Å². The van der Waals surface area contributed by atoms with Crippen LogP contribution in [-0.4, -0.2) is 54.5 Å². The molecule has 0 spiro atoms. The van der Waals surface area contributed by atoms with E-state index in [1.165, 1.54) is 12.7 Å². The van der Waals surface area contributed by atoms with Gasteiger partial charge in [-0.1, -0.05) is 6.07 Å². The zero-order chi connectivity index (χ0) is 20.1. The first-order chi connectivity index (χ1) is 13.5. The molecular formula is C19H25F2N5O2. The quantitative estimate of drug-likeness (QED) is 0.604. The molecule has 7 nitrogen and oxygen atoms in total. The Balaban J connectivity index is 1.61. The van der Waals surface area contributed by atoms with Gasteiger partial charge in [-0.15, -0.1) is 0 Å². The van der Waals surface area contributed by atoms with Crippen LogP contribution in [0.5, 0.6) is 11.5 Å². The van der Waals surface area contributed by atoms with Gasteiger partial charge in [-0.2, -0.15) is 13.9 Å². The lowest BCUT2D eigenvalue weighted by Gasteiger charge is -2.22. The third-order valence-electron chi connectivity index (χ3n) is 4.79.